The van der Waals surface area contributed by atoms with Crippen LogP contribution >= 0.6 is 0 Å². The van der Waals surface area contributed by atoms with E-state index in [9.17, 15) is 18.0 Å². The third kappa shape index (κ3) is 6.04. The van der Waals surface area contributed by atoms with E-state index in [2.05, 4.69) is 5.32 Å². The highest BCUT2D eigenvalue weighted by atomic mass is 19.4. The number of methoxy groups -OCH3 is 1. The first-order valence-corrected chi connectivity index (χ1v) is 8.77. The number of carbonyl (C=O) groups is 1. The van der Waals surface area contributed by atoms with E-state index in [4.69, 9.17) is 9.47 Å². The highest BCUT2D eigenvalue weighted by Gasteiger charge is 2.35. The number of rotatable bonds is 8. The Hall–Kier alpha value is -2.96. The van der Waals surface area contributed by atoms with Crippen molar-refractivity contribution in [3.8, 4) is 11.5 Å². The predicted molar refractivity (Wildman–Crippen MR) is 101 cm³/mol. The highest BCUT2D eigenvalue weighted by Crippen LogP contribution is 2.33. The maximum Gasteiger partial charge on any atom is 0.417 e. The molecule has 0 unspecified atom stereocenters. The van der Waals surface area contributed by atoms with Crippen LogP contribution in [0, 0.1) is 0 Å². The van der Waals surface area contributed by atoms with Crippen molar-refractivity contribution in [3.05, 3.63) is 65.7 Å². The molecular formula is C21H22F3NO3. The van der Waals surface area contributed by atoms with E-state index in [-0.39, 0.29) is 12.1 Å². The molecule has 0 aliphatic carbocycles. The first-order valence-electron chi connectivity index (χ1n) is 8.77. The molecule has 28 heavy (non-hydrogen) atoms. The summed E-state index contributed by atoms with van der Waals surface area (Å²) in [4.78, 5) is 12.1. The van der Waals surface area contributed by atoms with Gasteiger partial charge in [-0.2, -0.15) is 13.2 Å². The minimum absolute atomic E-state index is 0.0552. The lowest BCUT2D eigenvalue weighted by Crippen LogP contribution is -2.23. The molecule has 0 aliphatic rings. The van der Waals surface area contributed by atoms with Crippen LogP contribution in [-0.4, -0.2) is 25.8 Å². The summed E-state index contributed by atoms with van der Waals surface area (Å²) in [5.74, 6) is 0.236. The van der Waals surface area contributed by atoms with Crippen molar-refractivity contribution in [2.45, 2.75) is 26.1 Å². The van der Waals surface area contributed by atoms with Gasteiger partial charge in [0.25, 0.3) is 0 Å². The van der Waals surface area contributed by atoms with Crippen LogP contribution < -0.4 is 14.8 Å². The predicted octanol–water partition coefficient (Wildman–Crippen LogP) is 4.75. The lowest BCUT2D eigenvalue weighted by Gasteiger charge is -2.13. The van der Waals surface area contributed by atoms with Crippen LogP contribution in [-0.2, 0) is 11.3 Å². The van der Waals surface area contributed by atoms with Gasteiger partial charge < -0.3 is 14.8 Å². The largest absolute Gasteiger partial charge is 0.493 e. The monoisotopic (exact) mass is 393 g/mol. The summed E-state index contributed by atoms with van der Waals surface area (Å²) in [5.41, 5.74) is -0.383. The number of allylic oxidation sites excluding steroid dienone is 1. The van der Waals surface area contributed by atoms with Gasteiger partial charge in [-0.15, -0.1) is 0 Å². The number of amides is 1. The zero-order valence-electron chi connectivity index (χ0n) is 15.7. The molecule has 2 rings (SSSR count). The Morgan fingerprint density at radius 1 is 1.11 bits per heavy atom. The molecule has 0 aromatic heterocycles. The third-order valence-corrected chi connectivity index (χ3v) is 3.82. The fourth-order valence-corrected chi connectivity index (χ4v) is 2.47. The minimum Gasteiger partial charge on any atom is -0.493 e. The van der Waals surface area contributed by atoms with Crippen molar-refractivity contribution in [1.82, 2.24) is 5.32 Å². The zero-order chi connectivity index (χ0) is 20.6. The number of ether oxygens (including phenoxy) is 2. The summed E-state index contributed by atoms with van der Waals surface area (Å²) in [6, 6.07) is 12.3. The van der Waals surface area contributed by atoms with Crippen LogP contribution in [0.25, 0.3) is 5.57 Å². The molecule has 0 saturated carbocycles. The summed E-state index contributed by atoms with van der Waals surface area (Å²) < 4.78 is 50.7. The molecule has 2 aromatic carbocycles. The molecule has 150 valence electrons. The SMILES string of the molecule is CCCOc1ccc(CNC(=O)/C=C(/c2ccccc2)C(F)(F)F)cc1OC. The second-order valence-corrected chi connectivity index (χ2v) is 5.97. The number of carbonyl (C=O) groups excluding carboxylic acids is 1. The Kier molecular flexibility index (Phi) is 7.49. The van der Waals surface area contributed by atoms with Gasteiger partial charge in [0.2, 0.25) is 5.91 Å². The number of hydrogen-bond donors (Lipinski definition) is 1. The Morgan fingerprint density at radius 3 is 2.43 bits per heavy atom. The quantitative estimate of drug-likeness (QED) is 0.659. The Balaban J connectivity index is 2.11. The fourth-order valence-electron chi connectivity index (χ4n) is 2.47. The van der Waals surface area contributed by atoms with E-state index < -0.39 is 17.7 Å². The number of nitrogens with one attached hydrogen (secondary N) is 1. The van der Waals surface area contributed by atoms with Gasteiger partial charge in [-0.1, -0.05) is 43.3 Å². The van der Waals surface area contributed by atoms with Gasteiger partial charge in [0, 0.05) is 12.6 Å². The molecule has 0 spiro atoms. The molecule has 0 bridgehead atoms. The van der Waals surface area contributed by atoms with E-state index in [1.54, 1.807) is 24.3 Å². The molecule has 0 atom stereocenters. The number of halogens is 3. The lowest BCUT2D eigenvalue weighted by molar-refractivity contribution is -0.117. The van der Waals surface area contributed by atoms with E-state index in [1.165, 1.54) is 31.4 Å². The highest BCUT2D eigenvalue weighted by molar-refractivity contribution is 5.96. The average Bonchev–Trinajstić information content (AvgIpc) is 2.68. The van der Waals surface area contributed by atoms with E-state index in [1.807, 2.05) is 6.92 Å². The summed E-state index contributed by atoms with van der Waals surface area (Å²) in [6.07, 6.45) is -3.22. The molecule has 0 aliphatic heterocycles. The van der Waals surface area contributed by atoms with Crippen LogP contribution in [0.15, 0.2) is 54.6 Å². The number of alkyl halides is 3. The summed E-state index contributed by atoms with van der Waals surface area (Å²) >= 11 is 0. The molecule has 0 radical (unpaired) electrons. The van der Waals surface area contributed by atoms with Crippen molar-refractivity contribution in [1.29, 1.82) is 0 Å². The summed E-state index contributed by atoms with van der Waals surface area (Å²) in [7, 11) is 1.49. The molecule has 2 aromatic rings. The van der Waals surface area contributed by atoms with Crippen molar-refractivity contribution >= 4 is 11.5 Å². The summed E-state index contributed by atoms with van der Waals surface area (Å²) in [6.45, 7) is 2.57. The lowest BCUT2D eigenvalue weighted by atomic mass is 10.1. The van der Waals surface area contributed by atoms with Gasteiger partial charge in [0.1, 0.15) is 0 Å². The van der Waals surface area contributed by atoms with Crippen LogP contribution in [0.2, 0.25) is 0 Å². The summed E-state index contributed by atoms with van der Waals surface area (Å²) in [5, 5.41) is 2.47. The van der Waals surface area contributed by atoms with Crippen LogP contribution in [0.1, 0.15) is 24.5 Å². The molecule has 4 nitrogen and oxygen atoms in total. The van der Waals surface area contributed by atoms with Crippen molar-refractivity contribution < 1.29 is 27.4 Å². The topological polar surface area (TPSA) is 47.6 Å². The molecular weight excluding hydrogens is 371 g/mol. The van der Waals surface area contributed by atoms with E-state index in [0.29, 0.717) is 29.7 Å². The standard InChI is InChI=1S/C21H22F3NO3/c1-3-11-28-18-10-9-15(12-19(18)27-2)14-25-20(26)13-17(21(22,23)24)16-7-5-4-6-8-16/h4-10,12-13H,3,11,14H2,1-2H3,(H,25,26)/b17-13-. The molecule has 0 heterocycles. The van der Waals surface area contributed by atoms with Gasteiger partial charge in [0.15, 0.2) is 11.5 Å². The fraction of sp³-hybridized carbons (Fsp3) is 0.286. The van der Waals surface area contributed by atoms with Gasteiger partial charge in [-0.3, -0.25) is 4.79 Å². The van der Waals surface area contributed by atoms with E-state index >= 15 is 0 Å². The first kappa shape index (κ1) is 21.3. The molecule has 1 N–H and O–H groups in total. The molecule has 7 heteroatoms. The van der Waals surface area contributed by atoms with Gasteiger partial charge in [-0.25, -0.2) is 0 Å². The van der Waals surface area contributed by atoms with Crippen molar-refractivity contribution in [2.24, 2.45) is 0 Å². The van der Waals surface area contributed by atoms with Gasteiger partial charge in [0.05, 0.1) is 19.3 Å². The molecule has 0 fully saturated rings. The average molecular weight is 393 g/mol. The number of hydrogen-bond acceptors (Lipinski definition) is 3. The van der Waals surface area contributed by atoms with Crippen LogP contribution in [0.4, 0.5) is 13.2 Å². The van der Waals surface area contributed by atoms with Gasteiger partial charge in [-0.05, 0) is 29.7 Å². The molecule has 0 saturated heterocycles. The molecule has 1 amide bonds. The van der Waals surface area contributed by atoms with Crippen molar-refractivity contribution in [3.63, 3.8) is 0 Å². The minimum atomic E-state index is -4.64. The second kappa shape index (κ2) is 9.82. The second-order valence-electron chi connectivity index (χ2n) is 5.97. The van der Waals surface area contributed by atoms with Crippen LogP contribution in [0.3, 0.4) is 0 Å². The number of benzene rings is 2. The van der Waals surface area contributed by atoms with Gasteiger partial charge >= 0.3 is 6.18 Å². The van der Waals surface area contributed by atoms with Crippen LogP contribution in [0.5, 0.6) is 11.5 Å². The maximum absolute atomic E-state index is 13.3. The van der Waals surface area contributed by atoms with Crippen molar-refractivity contribution in [2.75, 3.05) is 13.7 Å². The first-order chi connectivity index (χ1) is 13.3. The maximum atomic E-state index is 13.3. The Morgan fingerprint density at radius 2 is 1.82 bits per heavy atom. The Labute approximate surface area is 162 Å². The van der Waals surface area contributed by atoms with E-state index in [0.717, 1.165) is 6.42 Å². The Bertz CT molecular complexity index is 817. The third-order valence-electron chi connectivity index (χ3n) is 3.82. The smallest absolute Gasteiger partial charge is 0.417 e. The zero-order valence-corrected chi connectivity index (χ0v) is 15.7. The normalized spacial score (nSPS) is 11.8.